The van der Waals surface area contributed by atoms with E-state index in [-0.39, 0.29) is 12.1 Å². The molecule has 1 aliphatic heterocycles. The number of nitrogens with one attached hydrogen (secondary N) is 2. The van der Waals surface area contributed by atoms with Gasteiger partial charge in [0.05, 0.1) is 11.6 Å². The van der Waals surface area contributed by atoms with Crippen LogP contribution in [0.3, 0.4) is 0 Å². The SMILES string of the molecule is CN1CC[C@@H](NC(=O)Nc2ccc(C#N)cc2)C[C@@H]1C(=O)O. The highest BCUT2D eigenvalue weighted by Crippen LogP contribution is 2.16. The summed E-state index contributed by atoms with van der Waals surface area (Å²) in [5.41, 5.74) is 1.10. The van der Waals surface area contributed by atoms with Gasteiger partial charge in [-0.15, -0.1) is 0 Å². The second-order valence-corrected chi connectivity index (χ2v) is 5.34. The monoisotopic (exact) mass is 302 g/mol. The summed E-state index contributed by atoms with van der Waals surface area (Å²) in [6.45, 7) is 0.624. The molecule has 1 heterocycles. The summed E-state index contributed by atoms with van der Waals surface area (Å²) in [6.07, 6.45) is 1.09. The van der Waals surface area contributed by atoms with Crippen molar-refractivity contribution in [2.75, 3.05) is 18.9 Å². The molecule has 2 amide bonds. The molecule has 2 rings (SSSR count). The first-order chi connectivity index (χ1) is 10.5. The Labute approximate surface area is 128 Å². The van der Waals surface area contributed by atoms with Gasteiger partial charge in [0.1, 0.15) is 6.04 Å². The Hall–Kier alpha value is -2.59. The van der Waals surface area contributed by atoms with Gasteiger partial charge in [-0.2, -0.15) is 5.26 Å². The summed E-state index contributed by atoms with van der Waals surface area (Å²) >= 11 is 0. The van der Waals surface area contributed by atoms with Crippen molar-refractivity contribution in [3.8, 4) is 6.07 Å². The number of amides is 2. The molecule has 22 heavy (non-hydrogen) atoms. The number of nitriles is 1. The summed E-state index contributed by atoms with van der Waals surface area (Å²) in [6, 6.07) is 7.41. The Bertz CT molecular complexity index is 594. The van der Waals surface area contributed by atoms with Crippen molar-refractivity contribution in [3.05, 3.63) is 29.8 Å². The number of likely N-dealkylation sites (N-methyl/N-ethyl adjacent to an activating group) is 1. The van der Waals surface area contributed by atoms with Crippen LogP contribution in [0.1, 0.15) is 18.4 Å². The zero-order chi connectivity index (χ0) is 16.1. The van der Waals surface area contributed by atoms with Crippen molar-refractivity contribution in [1.82, 2.24) is 10.2 Å². The number of carboxylic acid groups (broad SMARTS) is 1. The van der Waals surface area contributed by atoms with Gasteiger partial charge in [-0.05, 0) is 44.2 Å². The fourth-order valence-corrected chi connectivity index (χ4v) is 2.48. The topological polar surface area (TPSA) is 105 Å². The highest BCUT2D eigenvalue weighted by atomic mass is 16.4. The van der Waals surface area contributed by atoms with Gasteiger partial charge < -0.3 is 15.7 Å². The van der Waals surface area contributed by atoms with Crippen LogP contribution in [0.5, 0.6) is 0 Å². The molecular formula is C15H18N4O3. The van der Waals surface area contributed by atoms with Crippen molar-refractivity contribution in [3.63, 3.8) is 0 Å². The Kier molecular flexibility index (Phi) is 4.96. The first-order valence-electron chi connectivity index (χ1n) is 7.00. The van der Waals surface area contributed by atoms with Gasteiger partial charge in [0.15, 0.2) is 0 Å². The van der Waals surface area contributed by atoms with Gasteiger partial charge in [0, 0.05) is 18.3 Å². The maximum absolute atomic E-state index is 11.9. The second-order valence-electron chi connectivity index (χ2n) is 5.34. The summed E-state index contributed by atoms with van der Waals surface area (Å²) < 4.78 is 0. The van der Waals surface area contributed by atoms with E-state index in [2.05, 4.69) is 10.6 Å². The number of carboxylic acids is 1. The number of hydrogen-bond acceptors (Lipinski definition) is 4. The van der Waals surface area contributed by atoms with E-state index in [1.54, 1.807) is 36.2 Å². The molecule has 0 bridgehead atoms. The summed E-state index contributed by atoms with van der Waals surface area (Å²) in [5, 5.41) is 23.3. The van der Waals surface area contributed by atoms with E-state index in [4.69, 9.17) is 10.4 Å². The zero-order valence-electron chi connectivity index (χ0n) is 12.2. The van der Waals surface area contributed by atoms with Gasteiger partial charge in [-0.25, -0.2) is 4.79 Å². The third kappa shape index (κ3) is 3.96. The van der Waals surface area contributed by atoms with Gasteiger partial charge in [-0.3, -0.25) is 9.69 Å². The molecule has 0 saturated carbocycles. The maximum Gasteiger partial charge on any atom is 0.320 e. The largest absolute Gasteiger partial charge is 0.480 e. The van der Waals surface area contributed by atoms with Crippen LogP contribution in [0, 0.1) is 11.3 Å². The fourth-order valence-electron chi connectivity index (χ4n) is 2.48. The van der Waals surface area contributed by atoms with E-state index in [1.807, 2.05) is 6.07 Å². The van der Waals surface area contributed by atoms with Crippen LogP contribution in [0.15, 0.2) is 24.3 Å². The molecular weight excluding hydrogens is 284 g/mol. The standard InChI is InChI=1S/C15H18N4O3/c1-19-7-6-12(8-13(19)14(20)21)18-15(22)17-11-4-2-10(9-16)3-5-11/h2-5,12-13H,6-8H2,1H3,(H,20,21)(H2,17,18,22)/t12-,13-/m1/s1. The normalized spacial score (nSPS) is 21.6. The fraction of sp³-hybridized carbons (Fsp3) is 0.400. The minimum Gasteiger partial charge on any atom is -0.480 e. The quantitative estimate of drug-likeness (QED) is 0.778. The van der Waals surface area contributed by atoms with Crippen LogP contribution in [0.25, 0.3) is 0 Å². The average Bonchev–Trinajstić information content (AvgIpc) is 2.49. The Morgan fingerprint density at radius 2 is 2.05 bits per heavy atom. The van der Waals surface area contributed by atoms with E-state index in [1.165, 1.54) is 0 Å². The van der Waals surface area contributed by atoms with Crippen molar-refractivity contribution >= 4 is 17.7 Å². The number of nitrogens with zero attached hydrogens (tertiary/aromatic N) is 2. The van der Waals surface area contributed by atoms with Gasteiger partial charge in [0.25, 0.3) is 0 Å². The molecule has 0 unspecified atom stereocenters. The molecule has 7 nitrogen and oxygen atoms in total. The maximum atomic E-state index is 11.9. The van der Waals surface area contributed by atoms with Crippen molar-refractivity contribution in [2.24, 2.45) is 0 Å². The first kappa shape index (κ1) is 15.8. The van der Waals surface area contributed by atoms with Crippen LogP contribution in [0.4, 0.5) is 10.5 Å². The van der Waals surface area contributed by atoms with E-state index in [9.17, 15) is 9.59 Å². The molecule has 0 aliphatic carbocycles. The number of anilines is 1. The molecule has 1 fully saturated rings. The van der Waals surface area contributed by atoms with E-state index < -0.39 is 12.0 Å². The molecule has 116 valence electrons. The van der Waals surface area contributed by atoms with Crippen LogP contribution in [0.2, 0.25) is 0 Å². The lowest BCUT2D eigenvalue weighted by molar-refractivity contribution is -0.144. The summed E-state index contributed by atoms with van der Waals surface area (Å²) in [7, 11) is 1.77. The third-order valence-electron chi connectivity index (χ3n) is 3.76. The summed E-state index contributed by atoms with van der Waals surface area (Å²) in [5.74, 6) is -0.874. The number of rotatable bonds is 3. The van der Waals surface area contributed by atoms with Crippen LogP contribution in [-0.4, -0.2) is 47.7 Å². The van der Waals surface area contributed by atoms with E-state index in [0.717, 1.165) is 0 Å². The lowest BCUT2D eigenvalue weighted by Crippen LogP contribution is -2.52. The molecule has 2 atom stereocenters. The van der Waals surface area contributed by atoms with E-state index >= 15 is 0 Å². The number of hydrogen-bond donors (Lipinski definition) is 3. The van der Waals surface area contributed by atoms with Crippen molar-refractivity contribution in [2.45, 2.75) is 24.9 Å². The molecule has 3 N–H and O–H groups in total. The summed E-state index contributed by atoms with van der Waals surface area (Å²) in [4.78, 5) is 24.9. The lowest BCUT2D eigenvalue weighted by Gasteiger charge is -2.34. The van der Waals surface area contributed by atoms with E-state index in [0.29, 0.717) is 30.6 Å². The zero-order valence-corrected chi connectivity index (χ0v) is 12.2. The molecule has 1 saturated heterocycles. The number of aliphatic carboxylic acids is 1. The third-order valence-corrected chi connectivity index (χ3v) is 3.76. The molecule has 0 radical (unpaired) electrons. The molecule has 1 aromatic carbocycles. The highest BCUT2D eigenvalue weighted by Gasteiger charge is 2.31. The Morgan fingerprint density at radius 3 is 2.64 bits per heavy atom. The highest BCUT2D eigenvalue weighted by molar-refractivity contribution is 5.89. The molecule has 0 aromatic heterocycles. The second kappa shape index (κ2) is 6.91. The molecule has 7 heteroatoms. The minimum absolute atomic E-state index is 0.171. The van der Waals surface area contributed by atoms with Crippen LogP contribution in [-0.2, 0) is 4.79 Å². The molecule has 0 spiro atoms. The molecule has 1 aromatic rings. The Morgan fingerprint density at radius 1 is 1.36 bits per heavy atom. The number of carbonyl (C=O) groups excluding carboxylic acids is 1. The smallest absolute Gasteiger partial charge is 0.320 e. The predicted octanol–water partition coefficient (Wildman–Crippen LogP) is 1.23. The van der Waals surface area contributed by atoms with Gasteiger partial charge >= 0.3 is 12.0 Å². The predicted molar refractivity (Wildman–Crippen MR) is 80.4 cm³/mol. The number of urea groups is 1. The van der Waals surface area contributed by atoms with Gasteiger partial charge in [0.2, 0.25) is 0 Å². The number of piperidine rings is 1. The number of likely N-dealkylation sites (tertiary alicyclic amines) is 1. The number of carbonyl (C=O) groups is 2. The lowest BCUT2D eigenvalue weighted by atomic mass is 9.98. The Balaban J connectivity index is 1.89. The molecule has 1 aliphatic rings. The average molecular weight is 302 g/mol. The van der Waals surface area contributed by atoms with Gasteiger partial charge in [-0.1, -0.05) is 0 Å². The van der Waals surface area contributed by atoms with Crippen molar-refractivity contribution in [1.29, 1.82) is 5.26 Å². The first-order valence-corrected chi connectivity index (χ1v) is 7.00. The van der Waals surface area contributed by atoms with Crippen LogP contribution < -0.4 is 10.6 Å². The number of benzene rings is 1. The minimum atomic E-state index is -0.874. The van der Waals surface area contributed by atoms with Crippen LogP contribution >= 0.6 is 0 Å². The van der Waals surface area contributed by atoms with Crippen molar-refractivity contribution < 1.29 is 14.7 Å².